The molecule has 0 aliphatic heterocycles. The van der Waals surface area contributed by atoms with E-state index in [0.717, 1.165) is 5.56 Å². The van der Waals surface area contributed by atoms with Gasteiger partial charge in [0.05, 0.1) is 0 Å². The molecule has 0 fully saturated rings. The molecule has 0 bridgehead atoms. The van der Waals surface area contributed by atoms with Gasteiger partial charge >= 0.3 is 0 Å². The predicted octanol–water partition coefficient (Wildman–Crippen LogP) is 1.24. The first-order valence-electron chi connectivity index (χ1n) is 4.08. The Bertz CT molecular complexity index is 531. The van der Waals surface area contributed by atoms with E-state index in [9.17, 15) is 4.79 Å². The summed E-state index contributed by atoms with van der Waals surface area (Å²) in [4.78, 5) is 16.6. The van der Waals surface area contributed by atoms with Crippen molar-refractivity contribution in [3.63, 3.8) is 0 Å². The summed E-state index contributed by atoms with van der Waals surface area (Å²) in [6.07, 6.45) is 5.03. The van der Waals surface area contributed by atoms with E-state index in [4.69, 9.17) is 5.26 Å². The minimum atomic E-state index is -0.355. The van der Waals surface area contributed by atoms with Crippen LogP contribution in [0, 0.1) is 11.3 Å². The van der Waals surface area contributed by atoms with Crippen LogP contribution in [0.3, 0.4) is 0 Å². The van der Waals surface area contributed by atoms with Crippen LogP contribution in [0.4, 0.5) is 0 Å². The van der Waals surface area contributed by atoms with Crippen LogP contribution in [0.1, 0.15) is 5.56 Å². The van der Waals surface area contributed by atoms with Crippen molar-refractivity contribution in [2.24, 2.45) is 0 Å². The molecule has 0 amide bonds. The van der Waals surface area contributed by atoms with Crippen LogP contribution in [0.5, 0.6) is 0 Å². The number of hydrogen-bond acceptors (Lipinski definition) is 2. The van der Waals surface area contributed by atoms with E-state index >= 15 is 0 Å². The molecule has 0 spiro atoms. The topological polar surface area (TPSA) is 72.4 Å². The van der Waals surface area contributed by atoms with Gasteiger partial charge in [-0.1, -0.05) is 0 Å². The van der Waals surface area contributed by atoms with Gasteiger partial charge in [0.2, 0.25) is 0 Å². The number of nitriles is 1. The Labute approximate surface area is 79.8 Å². The van der Waals surface area contributed by atoms with Gasteiger partial charge in [0.1, 0.15) is 11.6 Å². The summed E-state index contributed by atoms with van der Waals surface area (Å²) in [6.45, 7) is 0. The number of aromatic nitrogens is 2. The Balaban J connectivity index is 2.72. The standard InChI is InChI=1S/C10H7N3O/c11-5-9-8(2-4-13-10(9)14)7-1-3-12-6-7/h1-4,6,12H,(H,13,14). The Kier molecular flexibility index (Phi) is 1.92. The fraction of sp³-hybridized carbons (Fsp3) is 0. The fourth-order valence-corrected chi connectivity index (χ4v) is 1.32. The monoisotopic (exact) mass is 185 g/mol. The Morgan fingerprint density at radius 3 is 2.79 bits per heavy atom. The summed E-state index contributed by atoms with van der Waals surface area (Å²) in [5.74, 6) is 0. The van der Waals surface area contributed by atoms with E-state index < -0.39 is 0 Å². The molecule has 4 heteroatoms. The molecule has 0 saturated heterocycles. The SMILES string of the molecule is N#Cc1c(-c2cc[nH]c2)cc[nH]c1=O. The van der Waals surface area contributed by atoms with Crippen LogP contribution in [-0.2, 0) is 0 Å². The molecule has 14 heavy (non-hydrogen) atoms. The number of nitrogens with zero attached hydrogens (tertiary/aromatic N) is 1. The third-order valence-corrected chi connectivity index (χ3v) is 1.98. The second kappa shape index (κ2) is 3.23. The maximum Gasteiger partial charge on any atom is 0.266 e. The van der Waals surface area contributed by atoms with Crippen molar-refractivity contribution in [2.45, 2.75) is 0 Å². The molecular weight excluding hydrogens is 178 g/mol. The van der Waals surface area contributed by atoms with Gasteiger partial charge in [0, 0.05) is 29.7 Å². The molecule has 0 atom stereocenters. The number of H-pyrrole nitrogens is 2. The lowest BCUT2D eigenvalue weighted by molar-refractivity contribution is 1.22. The highest BCUT2D eigenvalue weighted by Gasteiger charge is 2.07. The minimum absolute atomic E-state index is 0.145. The lowest BCUT2D eigenvalue weighted by Crippen LogP contribution is -2.09. The lowest BCUT2D eigenvalue weighted by Gasteiger charge is -1.98. The molecule has 2 heterocycles. The van der Waals surface area contributed by atoms with Crippen LogP contribution in [0.25, 0.3) is 11.1 Å². The molecule has 2 aromatic rings. The van der Waals surface area contributed by atoms with E-state index in [1.807, 2.05) is 12.1 Å². The van der Waals surface area contributed by atoms with Crippen molar-refractivity contribution >= 4 is 0 Å². The molecule has 0 aliphatic carbocycles. The number of pyridine rings is 1. The number of nitrogens with one attached hydrogen (secondary N) is 2. The molecule has 0 saturated carbocycles. The van der Waals surface area contributed by atoms with Crippen molar-refractivity contribution < 1.29 is 0 Å². The highest BCUT2D eigenvalue weighted by molar-refractivity contribution is 5.68. The first-order chi connectivity index (χ1) is 6.83. The summed E-state index contributed by atoms with van der Waals surface area (Å²) in [5.41, 5.74) is 1.28. The van der Waals surface area contributed by atoms with Gasteiger partial charge in [-0.05, 0) is 12.1 Å². The average Bonchev–Trinajstić information content (AvgIpc) is 2.70. The minimum Gasteiger partial charge on any atom is -0.367 e. The Morgan fingerprint density at radius 2 is 2.14 bits per heavy atom. The van der Waals surface area contributed by atoms with Crippen LogP contribution < -0.4 is 5.56 Å². The maximum absolute atomic E-state index is 11.3. The van der Waals surface area contributed by atoms with Crippen LogP contribution in [0.15, 0.2) is 35.5 Å². The highest BCUT2D eigenvalue weighted by atomic mass is 16.1. The number of hydrogen-bond donors (Lipinski definition) is 2. The first-order valence-corrected chi connectivity index (χ1v) is 4.08. The van der Waals surface area contributed by atoms with Crippen molar-refractivity contribution in [1.82, 2.24) is 9.97 Å². The molecule has 68 valence electrons. The quantitative estimate of drug-likeness (QED) is 0.701. The van der Waals surface area contributed by atoms with Gasteiger partial charge in [-0.25, -0.2) is 0 Å². The summed E-state index contributed by atoms with van der Waals surface area (Å²) >= 11 is 0. The second-order valence-corrected chi connectivity index (χ2v) is 2.81. The maximum atomic E-state index is 11.3. The molecular formula is C10H7N3O. The van der Waals surface area contributed by atoms with E-state index in [2.05, 4.69) is 9.97 Å². The molecule has 2 aromatic heterocycles. The van der Waals surface area contributed by atoms with Crippen molar-refractivity contribution in [3.05, 3.63) is 46.6 Å². The summed E-state index contributed by atoms with van der Waals surface area (Å²) in [6, 6.07) is 5.42. The number of aromatic amines is 2. The predicted molar refractivity (Wildman–Crippen MR) is 51.6 cm³/mol. The summed E-state index contributed by atoms with van der Waals surface area (Å²) in [7, 11) is 0. The van der Waals surface area contributed by atoms with Gasteiger partial charge < -0.3 is 9.97 Å². The smallest absolute Gasteiger partial charge is 0.266 e. The van der Waals surface area contributed by atoms with Gasteiger partial charge in [-0.15, -0.1) is 0 Å². The molecule has 0 aliphatic rings. The van der Waals surface area contributed by atoms with E-state index in [1.54, 1.807) is 18.5 Å². The average molecular weight is 185 g/mol. The van der Waals surface area contributed by atoms with Gasteiger partial charge in [0.15, 0.2) is 0 Å². The van der Waals surface area contributed by atoms with Crippen LogP contribution in [0.2, 0.25) is 0 Å². The largest absolute Gasteiger partial charge is 0.367 e. The molecule has 4 nitrogen and oxygen atoms in total. The Hall–Kier alpha value is -2.28. The van der Waals surface area contributed by atoms with E-state index in [1.165, 1.54) is 6.20 Å². The first kappa shape index (κ1) is 8.32. The Morgan fingerprint density at radius 1 is 1.29 bits per heavy atom. The third kappa shape index (κ3) is 1.21. The zero-order valence-corrected chi connectivity index (χ0v) is 7.24. The zero-order chi connectivity index (χ0) is 9.97. The van der Waals surface area contributed by atoms with Gasteiger partial charge in [-0.3, -0.25) is 4.79 Å². The van der Waals surface area contributed by atoms with Gasteiger partial charge in [-0.2, -0.15) is 5.26 Å². The molecule has 2 N–H and O–H groups in total. The van der Waals surface area contributed by atoms with E-state index in [0.29, 0.717) is 5.56 Å². The lowest BCUT2D eigenvalue weighted by atomic mass is 10.1. The van der Waals surface area contributed by atoms with Crippen LogP contribution in [-0.4, -0.2) is 9.97 Å². The molecule has 0 aromatic carbocycles. The van der Waals surface area contributed by atoms with Gasteiger partial charge in [0.25, 0.3) is 5.56 Å². The zero-order valence-electron chi connectivity index (χ0n) is 7.24. The normalized spacial score (nSPS) is 9.64. The molecule has 0 radical (unpaired) electrons. The molecule has 0 unspecified atom stereocenters. The number of rotatable bonds is 1. The summed E-state index contributed by atoms with van der Waals surface area (Å²) in [5, 5.41) is 8.82. The summed E-state index contributed by atoms with van der Waals surface area (Å²) < 4.78 is 0. The highest BCUT2D eigenvalue weighted by Crippen LogP contribution is 2.19. The van der Waals surface area contributed by atoms with Crippen molar-refractivity contribution in [3.8, 4) is 17.2 Å². The van der Waals surface area contributed by atoms with Crippen LogP contribution >= 0.6 is 0 Å². The van der Waals surface area contributed by atoms with Crippen molar-refractivity contribution in [2.75, 3.05) is 0 Å². The molecule has 2 rings (SSSR count). The van der Waals surface area contributed by atoms with Crippen molar-refractivity contribution in [1.29, 1.82) is 5.26 Å². The fourth-order valence-electron chi connectivity index (χ4n) is 1.32. The third-order valence-electron chi connectivity index (χ3n) is 1.98. The van der Waals surface area contributed by atoms with E-state index in [-0.39, 0.29) is 11.1 Å². The second-order valence-electron chi connectivity index (χ2n) is 2.81.